The summed E-state index contributed by atoms with van der Waals surface area (Å²) in [6, 6.07) is 13.7. The summed E-state index contributed by atoms with van der Waals surface area (Å²) in [5.74, 6) is 1.50. The Hall–Kier alpha value is -3.60. The Morgan fingerprint density at radius 3 is 2.58 bits per heavy atom. The van der Waals surface area contributed by atoms with Gasteiger partial charge in [0.2, 0.25) is 0 Å². The minimum Gasteiger partial charge on any atom is -0.496 e. The van der Waals surface area contributed by atoms with Crippen molar-refractivity contribution in [2.75, 3.05) is 7.11 Å². The van der Waals surface area contributed by atoms with Gasteiger partial charge in [-0.2, -0.15) is 5.10 Å². The number of ketones is 1. The summed E-state index contributed by atoms with van der Waals surface area (Å²) in [5.41, 5.74) is 5.12. The molecule has 1 aromatic heterocycles. The number of methoxy groups -OCH3 is 1. The van der Waals surface area contributed by atoms with Crippen LogP contribution in [-0.4, -0.2) is 22.7 Å². The summed E-state index contributed by atoms with van der Waals surface area (Å²) < 4.78 is 13.3. The maximum Gasteiger partial charge on any atom is 0.189 e. The molecule has 3 rings (SSSR count). The Kier molecular flexibility index (Phi) is 7.08. The van der Waals surface area contributed by atoms with Gasteiger partial charge in [-0.1, -0.05) is 36.4 Å². The molecule has 0 spiro atoms. The standard InChI is InChI=1S/C26H28N2O3/c1-6-9-21-10-7-8-11-25(21)31-17-22-16-20(13-15-24(22)30-5)12-14-23(29)26-18(2)27-28(4)19(26)3/h6-8,10-16H,1,9,17H2,2-5H3/b14-12+. The third-order valence-electron chi connectivity index (χ3n) is 5.21. The number of aryl methyl sites for hydroxylation is 2. The number of ether oxygens (including phenoxy) is 2. The lowest BCUT2D eigenvalue weighted by atomic mass is 10.1. The molecule has 5 nitrogen and oxygen atoms in total. The summed E-state index contributed by atoms with van der Waals surface area (Å²) in [6.45, 7) is 7.91. The minimum atomic E-state index is -0.0601. The zero-order chi connectivity index (χ0) is 22.4. The van der Waals surface area contributed by atoms with Crippen molar-refractivity contribution in [3.05, 3.63) is 94.8 Å². The summed E-state index contributed by atoms with van der Waals surface area (Å²) in [7, 11) is 3.48. The van der Waals surface area contributed by atoms with E-state index in [1.165, 1.54) is 0 Å². The topological polar surface area (TPSA) is 53.3 Å². The Labute approximate surface area is 183 Å². The molecule has 31 heavy (non-hydrogen) atoms. The first kappa shape index (κ1) is 22.1. The van der Waals surface area contributed by atoms with Crippen molar-refractivity contribution in [3.8, 4) is 11.5 Å². The van der Waals surface area contributed by atoms with Crippen molar-refractivity contribution in [1.29, 1.82) is 0 Å². The van der Waals surface area contributed by atoms with Gasteiger partial charge in [0.25, 0.3) is 0 Å². The second-order valence-corrected chi connectivity index (χ2v) is 7.33. The zero-order valence-corrected chi connectivity index (χ0v) is 18.5. The number of carbonyl (C=O) groups is 1. The van der Waals surface area contributed by atoms with Gasteiger partial charge in [-0.3, -0.25) is 9.48 Å². The molecule has 160 valence electrons. The molecule has 0 saturated heterocycles. The molecule has 0 bridgehead atoms. The second-order valence-electron chi connectivity index (χ2n) is 7.33. The van der Waals surface area contributed by atoms with Crippen molar-refractivity contribution in [1.82, 2.24) is 9.78 Å². The molecule has 1 heterocycles. The fraction of sp³-hybridized carbons (Fsp3) is 0.231. The van der Waals surface area contributed by atoms with E-state index in [0.717, 1.165) is 46.0 Å². The number of para-hydroxylation sites is 1. The molecule has 0 N–H and O–H groups in total. The van der Waals surface area contributed by atoms with Crippen LogP contribution < -0.4 is 9.47 Å². The molecule has 0 saturated carbocycles. The number of aromatic nitrogens is 2. The van der Waals surface area contributed by atoms with Crippen LogP contribution in [0.4, 0.5) is 0 Å². The summed E-state index contributed by atoms with van der Waals surface area (Å²) in [6.07, 6.45) is 5.99. The van der Waals surface area contributed by atoms with Gasteiger partial charge in [-0.05, 0) is 55.7 Å². The SMILES string of the molecule is C=CCc1ccccc1OCc1cc(/C=C/C(=O)c2c(C)nn(C)c2C)ccc1OC. The van der Waals surface area contributed by atoms with Crippen LogP contribution >= 0.6 is 0 Å². The molecule has 2 aromatic carbocycles. The lowest BCUT2D eigenvalue weighted by molar-refractivity contribution is 0.104. The molecule has 0 aliphatic heterocycles. The Bertz CT molecular complexity index is 1130. The highest BCUT2D eigenvalue weighted by Crippen LogP contribution is 2.25. The summed E-state index contributed by atoms with van der Waals surface area (Å²) in [5, 5.41) is 4.32. The Balaban J connectivity index is 1.80. The lowest BCUT2D eigenvalue weighted by Crippen LogP contribution is -2.01. The molecule has 3 aromatic rings. The van der Waals surface area contributed by atoms with Crippen LogP contribution in [0.2, 0.25) is 0 Å². The van der Waals surface area contributed by atoms with Crippen LogP contribution in [-0.2, 0) is 20.1 Å². The maximum atomic E-state index is 12.7. The van der Waals surface area contributed by atoms with Crippen molar-refractivity contribution in [2.24, 2.45) is 7.05 Å². The van der Waals surface area contributed by atoms with Gasteiger partial charge in [0, 0.05) is 18.3 Å². The lowest BCUT2D eigenvalue weighted by Gasteiger charge is -2.13. The average molecular weight is 417 g/mol. The van der Waals surface area contributed by atoms with Crippen LogP contribution in [0.1, 0.15) is 38.4 Å². The molecular formula is C26H28N2O3. The van der Waals surface area contributed by atoms with Crippen LogP contribution in [0.25, 0.3) is 6.08 Å². The third-order valence-corrected chi connectivity index (χ3v) is 5.21. The van der Waals surface area contributed by atoms with E-state index in [4.69, 9.17) is 9.47 Å². The normalized spacial score (nSPS) is 11.0. The van der Waals surface area contributed by atoms with Gasteiger partial charge < -0.3 is 9.47 Å². The van der Waals surface area contributed by atoms with Gasteiger partial charge >= 0.3 is 0 Å². The Morgan fingerprint density at radius 2 is 1.90 bits per heavy atom. The molecule has 0 aliphatic carbocycles. The van der Waals surface area contributed by atoms with Crippen LogP contribution in [0, 0.1) is 13.8 Å². The summed E-state index contributed by atoms with van der Waals surface area (Å²) in [4.78, 5) is 12.7. The first-order valence-corrected chi connectivity index (χ1v) is 10.2. The first-order valence-electron chi connectivity index (χ1n) is 10.2. The Morgan fingerprint density at radius 1 is 1.13 bits per heavy atom. The second kappa shape index (κ2) is 9.94. The monoisotopic (exact) mass is 416 g/mol. The smallest absolute Gasteiger partial charge is 0.189 e. The highest BCUT2D eigenvalue weighted by molar-refractivity contribution is 6.08. The molecule has 0 atom stereocenters. The highest BCUT2D eigenvalue weighted by Gasteiger charge is 2.15. The zero-order valence-electron chi connectivity index (χ0n) is 18.5. The van der Waals surface area contributed by atoms with E-state index >= 15 is 0 Å². The van der Waals surface area contributed by atoms with E-state index < -0.39 is 0 Å². The van der Waals surface area contributed by atoms with Crippen LogP contribution in [0.3, 0.4) is 0 Å². The van der Waals surface area contributed by atoms with E-state index in [9.17, 15) is 4.79 Å². The number of nitrogens with zero attached hydrogens (tertiary/aromatic N) is 2. The van der Waals surface area contributed by atoms with E-state index in [2.05, 4.69) is 11.7 Å². The highest BCUT2D eigenvalue weighted by atomic mass is 16.5. The van der Waals surface area contributed by atoms with E-state index in [1.807, 2.05) is 75.5 Å². The molecular weight excluding hydrogens is 388 g/mol. The number of rotatable bonds is 9. The minimum absolute atomic E-state index is 0.0601. The van der Waals surface area contributed by atoms with Gasteiger partial charge in [-0.15, -0.1) is 6.58 Å². The molecule has 5 heteroatoms. The first-order chi connectivity index (χ1) is 14.9. The molecule has 0 fully saturated rings. The summed E-state index contributed by atoms with van der Waals surface area (Å²) >= 11 is 0. The van der Waals surface area contributed by atoms with Crippen molar-refractivity contribution >= 4 is 11.9 Å². The molecule has 0 amide bonds. The largest absolute Gasteiger partial charge is 0.496 e. The van der Waals surface area contributed by atoms with Crippen molar-refractivity contribution in [3.63, 3.8) is 0 Å². The van der Waals surface area contributed by atoms with E-state index in [0.29, 0.717) is 12.2 Å². The number of hydrogen-bond acceptors (Lipinski definition) is 4. The van der Waals surface area contributed by atoms with Gasteiger partial charge in [0.15, 0.2) is 5.78 Å². The fourth-order valence-corrected chi connectivity index (χ4v) is 3.52. The number of benzene rings is 2. The average Bonchev–Trinajstić information content (AvgIpc) is 3.03. The van der Waals surface area contributed by atoms with E-state index in [1.54, 1.807) is 17.9 Å². The maximum absolute atomic E-state index is 12.7. The van der Waals surface area contributed by atoms with Crippen molar-refractivity contribution in [2.45, 2.75) is 26.9 Å². The third kappa shape index (κ3) is 5.12. The van der Waals surface area contributed by atoms with E-state index in [-0.39, 0.29) is 5.78 Å². The number of allylic oxidation sites excluding steroid dienone is 2. The van der Waals surface area contributed by atoms with Gasteiger partial charge in [-0.25, -0.2) is 0 Å². The molecule has 0 aliphatic rings. The fourth-order valence-electron chi connectivity index (χ4n) is 3.52. The number of hydrogen-bond donors (Lipinski definition) is 0. The quantitative estimate of drug-likeness (QED) is 0.272. The van der Waals surface area contributed by atoms with Gasteiger partial charge in [0.1, 0.15) is 18.1 Å². The van der Waals surface area contributed by atoms with Crippen molar-refractivity contribution < 1.29 is 14.3 Å². The van der Waals surface area contributed by atoms with Crippen LogP contribution in [0.5, 0.6) is 11.5 Å². The predicted molar refractivity (Wildman–Crippen MR) is 124 cm³/mol. The predicted octanol–water partition coefficient (Wildman–Crippen LogP) is 5.25. The number of carbonyl (C=O) groups excluding carboxylic acids is 1. The molecule has 0 unspecified atom stereocenters. The van der Waals surface area contributed by atoms with Gasteiger partial charge in [0.05, 0.1) is 18.4 Å². The molecule has 0 radical (unpaired) electrons. The van der Waals surface area contributed by atoms with Crippen LogP contribution in [0.15, 0.2) is 61.2 Å².